The zero-order valence-electron chi connectivity index (χ0n) is 14.9. The van der Waals surface area contributed by atoms with E-state index in [1.54, 1.807) is 18.2 Å². The Labute approximate surface area is 170 Å². The standard InChI is InChI=1S/C20H23ClN2O3.ClH/c21-15-8-9-19(26-13-16-5-3-11-25-16)18(12-15)23-20(24)10-7-14-4-1-2-6-17(14)22;/h1-2,4,6,8-9,12,16H,3,5,7,10-11,13,22H2,(H,23,24);1H. The summed E-state index contributed by atoms with van der Waals surface area (Å²) < 4.78 is 11.4. The van der Waals surface area contributed by atoms with Crippen molar-refractivity contribution in [3.8, 4) is 5.75 Å². The van der Waals surface area contributed by atoms with Crippen LogP contribution < -0.4 is 15.8 Å². The third-order valence-corrected chi connectivity index (χ3v) is 4.58. The Hall–Kier alpha value is -1.95. The second kappa shape index (κ2) is 10.4. The summed E-state index contributed by atoms with van der Waals surface area (Å²) in [6.07, 6.45) is 3.06. The van der Waals surface area contributed by atoms with Crippen LogP contribution >= 0.6 is 24.0 Å². The number of nitrogen functional groups attached to an aromatic ring is 1. The van der Waals surface area contributed by atoms with Crippen LogP contribution in [0.15, 0.2) is 42.5 Å². The van der Waals surface area contributed by atoms with E-state index in [1.165, 1.54) is 0 Å². The van der Waals surface area contributed by atoms with E-state index in [9.17, 15) is 4.79 Å². The Morgan fingerprint density at radius 3 is 2.85 bits per heavy atom. The Kier molecular flexibility index (Phi) is 8.23. The van der Waals surface area contributed by atoms with Gasteiger partial charge in [-0.3, -0.25) is 4.79 Å². The monoisotopic (exact) mass is 410 g/mol. The van der Waals surface area contributed by atoms with Gasteiger partial charge in [0.15, 0.2) is 0 Å². The SMILES string of the molecule is Cl.Nc1ccccc1CCC(=O)Nc1cc(Cl)ccc1OCC1CCCO1. The Morgan fingerprint density at radius 1 is 1.30 bits per heavy atom. The van der Waals surface area contributed by atoms with Gasteiger partial charge in [0.2, 0.25) is 5.91 Å². The number of para-hydroxylation sites is 1. The molecule has 3 N–H and O–H groups in total. The second-order valence-corrected chi connectivity index (χ2v) is 6.77. The number of rotatable bonds is 7. The summed E-state index contributed by atoms with van der Waals surface area (Å²) >= 11 is 6.07. The van der Waals surface area contributed by atoms with Crippen LogP contribution in [0.1, 0.15) is 24.8 Å². The van der Waals surface area contributed by atoms with Gasteiger partial charge in [0.05, 0.1) is 11.8 Å². The van der Waals surface area contributed by atoms with Gasteiger partial charge in [-0.15, -0.1) is 12.4 Å². The van der Waals surface area contributed by atoms with Crippen molar-refractivity contribution in [2.45, 2.75) is 31.8 Å². The summed E-state index contributed by atoms with van der Waals surface area (Å²) in [6, 6.07) is 12.8. The summed E-state index contributed by atoms with van der Waals surface area (Å²) in [6.45, 7) is 1.24. The average Bonchev–Trinajstić information content (AvgIpc) is 3.14. The van der Waals surface area contributed by atoms with Gasteiger partial charge in [0, 0.05) is 23.7 Å². The van der Waals surface area contributed by atoms with Crippen LogP contribution in [0.2, 0.25) is 5.02 Å². The lowest BCUT2D eigenvalue weighted by Gasteiger charge is -2.15. The molecule has 1 amide bonds. The number of halogens is 2. The second-order valence-electron chi connectivity index (χ2n) is 6.33. The van der Waals surface area contributed by atoms with Crippen LogP contribution in [-0.4, -0.2) is 25.2 Å². The molecule has 1 fully saturated rings. The molecule has 0 aliphatic carbocycles. The highest BCUT2D eigenvalue weighted by atomic mass is 35.5. The molecule has 0 bridgehead atoms. The minimum absolute atomic E-state index is 0. The molecule has 0 saturated carbocycles. The predicted octanol–water partition coefficient (Wildman–Crippen LogP) is 4.47. The molecular formula is C20H24Cl2N2O3. The van der Waals surface area contributed by atoms with Crippen LogP contribution in [0.4, 0.5) is 11.4 Å². The molecule has 5 nitrogen and oxygen atoms in total. The van der Waals surface area contributed by atoms with E-state index >= 15 is 0 Å². The number of benzene rings is 2. The third kappa shape index (κ3) is 6.31. The van der Waals surface area contributed by atoms with Gasteiger partial charge in [0.1, 0.15) is 12.4 Å². The summed E-state index contributed by atoms with van der Waals surface area (Å²) in [5.74, 6) is 0.481. The maximum absolute atomic E-state index is 12.3. The maximum Gasteiger partial charge on any atom is 0.224 e. The molecule has 0 aromatic heterocycles. The van der Waals surface area contributed by atoms with Gasteiger partial charge < -0.3 is 20.5 Å². The largest absolute Gasteiger partial charge is 0.489 e. The number of carbonyl (C=O) groups is 1. The molecule has 1 heterocycles. The summed E-state index contributed by atoms with van der Waals surface area (Å²) in [5, 5.41) is 3.43. The van der Waals surface area contributed by atoms with E-state index < -0.39 is 0 Å². The van der Waals surface area contributed by atoms with Crippen LogP contribution in [0.5, 0.6) is 5.75 Å². The average molecular weight is 411 g/mol. The lowest BCUT2D eigenvalue weighted by atomic mass is 10.1. The quantitative estimate of drug-likeness (QED) is 0.660. The maximum atomic E-state index is 12.3. The minimum atomic E-state index is -0.113. The number of nitrogens with one attached hydrogen (secondary N) is 1. The van der Waals surface area contributed by atoms with E-state index in [1.807, 2.05) is 24.3 Å². The smallest absolute Gasteiger partial charge is 0.224 e. The summed E-state index contributed by atoms with van der Waals surface area (Å²) in [5.41, 5.74) is 8.15. The normalized spacial score (nSPS) is 15.8. The van der Waals surface area contributed by atoms with E-state index in [-0.39, 0.29) is 24.4 Å². The van der Waals surface area contributed by atoms with Crippen LogP contribution in [-0.2, 0) is 16.0 Å². The van der Waals surface area contributed by atoms with Gasteiger partial charge in [-0.05, 0) is 49.1 Å². The molecule has 3 rings (SSSR count). The molecule has 0 spiro atoms. The number of ether oxygens (including phenoxy) is 2. The molecule has 0 radical (unpaired) electrons. The fourth-order valence-electron chi connectivity index (χ4n) is 2.91. The number of amides is 1. The van der Waals surface area contributed by atoms with Gasteiger partial charge in [0.25, 0.3) is 0 Å². The number of hydrogen-bond donors (Lipinski definition) is 2. The van der Waals surface area contributed by atoms with Gasteiger partial charge >= 0.3 is 0 Å². The first-order valence-corrected chi connectivity index (χ1v) is 9.17. The third-order valence-electron chi connectivity index (χ3n) is 4.34. The number of anilines is 2. The van der Waals surface area contributed by atoms with Crippen LogP contribution in [0.3, 0.4) is 0 Å². The van der Waals surface area contributed by atoms with Crippen LogP contribution in [0, 0.1) is 0 Å². The summed E-state index contributed by atoms with van der Waals surface area (Å²) in [4.78, 5) is 12.3. The van der Waals surface area contributed by atoms with Crippen molar-refractivity contribution in [1.29, 1.82) is 0 Å². The molecule has 1 saturated heterocycles. The Bertz CT molecular complexity index is 765. The lowest BCUT2D eigenvalue weighted by Crippen LogP contribution is -2.18. The van der Waals surface area contributed by atoms with Gasteiger partial charge in [-0.1, -0.05) is 29.8 Å². The van der Waals surface area contributed by atoms with Crippen molar-refractivity contribution in [2.75, 3.05) is 24.3 Å². The zero-order valence-corrected chi connectivity index (χ0v) is 16.5. The topological polar surface area (TPSA) is 73.6 Å². The predicted molar refractivity (Wildman–Crippen MR) is 111 cm³/mol. The lowest BCUT2D eigenvalue weighted by molar-refractivity contribution is -0.116. The van der Waals surface area contributed by atoms with Crippen molar-refractivity contribution in [3.63, 3.8) is 0 Å². The number of carbonyl (C=O) groups excluding carboxylic acids is 1. The first kappa shape index (κ1) is 21.4. The molecule has 1 unspecified atom stereocenters. The van der Waals surface area contributed by atoms with E-state index in [4.69, 9.17) is 26.8 Å². The molecule has 27 heavy (non-hydrogen) atoms. The van der Waals surface area contributed by atoms with E-state index in [0.717, 1.165) is 25.0 Å². The minimum Gasteiger partial charge on any atom is -0.489 e. The number of hydrogen-bond acceptors (Lipinski definition) is 4. The summed E-state index contributed by atoms with van der Waals surface area (Å²) in [7, 11) is 0. The molecule has 7 heteroatoms. The molecule has 1 atom stereocenters. The van der Waals surface area contributed by atoms with Crippen molar-refractivity contribution in [2.24, 2.45) is 0 Å². The molecule has 2 aromatic carbocycles. The van der Waals surface area contributed by atoms with Crippen molar-refractivity contribution < 1.29 is 14.3 Å². The first-order chi connectivity index (χ1) is 12.6. The Balaban J connectivity index is 0.00000261. The highest BCUT2D eigenvalue weighted by Crippen LogP contribution is 2.29. The fraction of sp³-hybridized carbons (Fsp3) is 0.350. The Morgan fingerprint density at radius 2 is 2.11 bits per heavy atom. The molecule has 2 aromatic rings. The van der Waals surface area contributed by atoms with Crippen molar-refractivity contribution in [3.05, 3.63) is 53.1 Å². The molecular weight excluding hydrogens is 387 g/mol. The van der Waals surface area contributed by atoms with Gasteiger partial charge in [-0.2, -0.15) is 0 Å². The highest BCUT2D eigenvalue weighted by molar-refractivity contribution is 6.31. The zero-order chi connectivity index (χ0) is 18.4. The fourth-order valence-corrected chi connectivity index (χ4v) is 3.08. The molecule has 1 aliphatic heterocycles. The molecule has 1 aliphatic rings. The number of aryl methyl sites for hydroxylation is 1. The first-order valence-electron chi connectivity index (χ1n) is 8.79. The van der Waals surface area contributed by atoms with E-state index in [0.29, 0.717) is 41.6 Å². The van der Waals surface area contributed by atoms with Crippen molar-refractivity contribution >= 4 is 41.3 Å². The molecule has 146 valence electrons. The van der Waals surface area contributed by atoms with E-state index in [2.05, 4.69) is 5.32 Å². The highest BCUT2D eigenvalue weighted by Gasteiger charge is 2.17. The van der Waals surface area contributed by atoms with Crippen LogP contribution in [0.25, 0.3) is 0 Å². The van der Waals surface area contributed by atoms with Gasteiger partial charge in [-0.25, -0.2) is 0 Å². The van der Waals surface area contributed by atoms with Crippen molar-refractivity contribution in [1.82, 2.24) is 0 Å². The number of nitrogens with two attached hydrogens (primary N) is 1.